The van der Waals surface area contributed by atoms with Crippen LogP contribution in [0, 0.1) is 5.41 Å². The molecule has 1 atom stereocenters. The highest BCUT2D eigenvalue weighted by Crippen LogP contribution is 2.48. The number of hydrogen-bond donors (Lipinski definition) is 1. The number of ether oxygens (including phenoxy) is 1. The second-order valence-electron chi connectivity index (χ2n) is 8.59. The van der Waals surface area contributed by atoms with E-state index in [4.69, 9.17) is 4.74 Å². The molecule has 0 amide bonds. The Hall–Kier alpha value is -0.0800. The van der Waals surface area contributed by atoms with Gasteiger partial charge in [0.05, 0.1) is 11.7 Å². The van der Waals surface area contributed by atoms with Crippen molar-refractivity contribution in [1.82, 2.24) is 5.32 Å². The van der Waals surface area contributed by atoms with Gasteiger partial charge in [0.2, 0.25) is 0 Å². The van der Waals surface area contributed by atoms with Gasteiger partial charge in [-0.1, -0.05) is 32.1 Å². The lowest BCUT2D eigenvalue weighted by molar-refractivity contribution is -0.0766. The third kappa shape index (κ3) is 3.32. The zero-order valence-corrected chi connectivity index (χ0v) is 13.7. The van der Waals surface area contributed by atoms with Gasteiger partial charge in [0.1, 0.15) is 0 Å². The average molecular weight is 291 g/mol. The van der Waals surface area contributed by atoms with Crippen LogP contribution in [-0.4, -0.2) is 24.3 Å². The first-order valence-corrected chi connectivity index (χ1v) is 9.69. The van der Waals surface area contributed by atoms with E-state index in [-0.39, 0.29) is 0 Å². The Kier molecular flexibility index (Phi) is 4.04. The molecule has 2 nitrogen and oxygen atoms in total. The molecule has 4 aliphatic rings. The van der Waals surface area contributed by atoms with Crippen LogP contribution in [0.25, 0.3) is 0 Å². The van der Waals surface area contributed by atoms with Crippen LogP contribution < -0.4 is 5.32 Å². The van der Waals surface area contributed by atoms with Crippen molar-refractivity contribution in [2.45, 2.75) is 108 Å². The lowest BCUT2D eigenvalue weighted by Crippen LogP contribution is -2.37. The zero-order valence-electron chi connectivity index (χ0n) is 13.7. The minimum atomic E-state index is 0.312. The van der Waals surface area contributed by atoms with E-state index in [1.807, 2.05) is 0 Å². The Labute approximate surface area is 130 Å². The van der Waals surface area contributed by atoms with Gasteiger partial charge in [-0.25, -0.2) is 0 Å². The van der Waals surface area contributed by atoms with Crippen LogP contribution in [0.4, 0.5) is 0 Å². The van der Waals surface area contributed by atoms with Crippen molar-refractivity contribution in [2.75, 3.05) is 6.54 Å². The molecule has 1 heterocycles. The van der Waals surface area contributed by atoms with Crippen molar-refractivity contribution in [3.8, 4) is 0 Å². The predicted octanol–water partition coefficient (Wildman–Crippen LogP) is 4.57. The molecule has 4 rings (SSSR count). The van der Waals surface area contributed by atoms with E-state index in [1.165, 1.54) is 96.4 Å². The monoisotopic (exact) mass is 291 g/mol. The largest absolute Gasteiger partial charge is 0.372 e. The van der Waals surface area contributed by atoms with Gasteiger partial charge in [-0.15, -0.1) is 0 Å². The zero-order chi connectivity index (χ0) is 14.2. The first-order valence-electron chi connectivity index (χ1n) is 9.69. The van der Waals surface area contributed by atoms with Crippen LogP contribution >= 0.6 is 0 Å². The van der Waals surface area contributed by atoms with Crippen LogP contribution in [-0.2, 0) is 4.74 Å². The molecule has 1 unspecified atom stereocenters. The second-order valence-corrected chi connectivity index (χ2v) is 8.59. The van der Waals surface area contributed by atoms with Crippen molar-refractivity contribution in [2.24, 2.45) is 5.41 Å². The van der Waals surface area contributed by atoms with E-state index >= 15 is 0 Å². The topological polar surface area (TPSA) is 21.3 Å². The van der Waals surface area contributed by atoms with E-state index < -0.39 is 0 Å². The number of hydrogen-bond acceptors (Lipinski definition) is 2. The molecule has 1 N–H and O–H groups in total. The SMILES string of the molecule is C1CCC2(CC1)CCC(CC1(CNC3CC3)CCCC1)O2. The van der Waals surface area contributed by atoms with Crippen LogP contribution in [0.2, 0.25) is 0 Å². The fourth-order valence-corrected chi connectivity index (χ4v) is 5.31. The van der Waals surface area contributed by atoms with Gasteiger partial charge < -0.3 is 10.1 Å². The first-order chi connectivity index (χ1) is 10.3. The van der Waals surface area contributed by atoms with E-state index in [2.05, 4.69) is 5.32 Å². The van der Waals surface area contributed by atoms with Crippen molar-refractivity contribution in [3.05, 3.63) is 0 Å². The molecule has 0 bridgehead atoms. The Morgan fingerprint density at radius 3 is 2.24 bits per heavy atom. The van der Waals surface area contributed by atoms with Crippen molar-refractivity contribution in [1.29, 1.82) is 0 Å². The van der Waals surface area contributed by atoms with E-state index in [0.29, 0.717) is 17.1 Å². The normalized spacial score (nSPS) is 34.6. The van der Waals surface area contributed by atoms with Crippen LogP contribution in [0.1, 0.15) is 89.9 Å². The van der Waals surface area contributed by atoms with Gasteiger partial charge in [-0.3, -0.25) is 0 Å². The molecule has 0 radical (unpaired) electrons. The molecule has 4 fully saturated rings. The van der Waals surface area contributed by atoms with Crippen molar-refractivity contribution >= 4 is 0 Å². The maximum absolute atomic E-state index is 6.67. The molecule has 0 aromatic rings. The molecular weight excluding hydrogens is 258 g/mol. The third-order valence-corrected chi connectivity index (χ3v) is 6.77. The fraction of sp³-hybridized carbons (Fsp3) is 1.00. The summed E-state index contributed by atoms with van der Waals surface area (Å²) in [5, 5.41) is 3.83. The second kappa shape index (κ2) is 5.85. The first kappa shape index (κ1) is 14.5. The van der Waals surface area contributed by atoms with Gasteiger partial charge in [-0.05, 0) is 63.2 Å². The summed E-state index contributed by atoms with van der Waals surface area (Å²) >= 11 is 0. The smallest absolute Gasteiger partial charge is 0.0687 e. The summed E-state index contributed by atoms with van der Waals surface area (Å²) in [7, 11) is 0. The lowest BCUT2D eigenvalue weighted by atomic mass is 9.79. The molecule has 3 saturated carbocycles. The summed E-state index contributed by atoms with van der Waals surface area (Å²) < 4.78 is 6.67. The van der Waals surface area contributed by atoms with Gasteiger partial charge in [0, 0.05) is 12.6 Å². The predicted molar refractivity (Wildman–Crippen MR) is 86.5 cm³/mol. The van der Waals surface area contributed by atoms with E-state index in [9.17, 15) is 0 Å². The summed E-state index contributed by atoms with van der Waals surface area (Å²) in [5.74, 6) is 0. The molecule has 120 valence electrons. The lowest BCUT2D eigenvalue weighted by Gasteiger charge is -2.36. The summed E-state index contributed by atoms with van der Waals surface area (Å²) in [4.78, 5) is 0. The highest BCUT2D eigenvalue weighted by Gasteiger charge is 2.45. The minimum absolute atomic E-state index is 0.312. The molecule has 1 spiro atoms. The molecule has 3 aliphatic carbocycles. The highest BCUT2D eigenvalue weighted by molar-refractivity contribution is 4.97. The Morgan fingerprint density at radius 2 is 1.52 bits per heavy atom. The summed E-state index contributed by atoms with van der Waals surface area (Å²) in [5.41, 5.74) is 0.889. The molecule has 0 aromatic heterocycles. The fourth-order valence-electron chi connectivity index (χ4n) is 5.31. The third-order valence-electron chi connectivity index (χ3n) is 6.77. The van der Waals surface area contributed by atoms with Crippen LogP contribution in [0.15, 0.2) is 0 Å². The Balaban J connectivity index is 1.34. The van der Waals surface area contributed by atoms with Gasteiger partial charge >= 0.3 is 0 Å². The molecule has 1 saturated heterocycles. The maximum atomic E-state index is 6.67. The molecule has 2 heteroatoms. The van der Waals surface area contributed by atoms with Gasteiger partial charge in [0.15, 0.2) is 0 Å². The molecule has 21 heavy (non-hydrogen) atoms. The minimum Gasteiger partial charge on any atom is -0.372 e. The van der Waals surface area contributed by atoms with Crippen molar-refractivity contribution < 1.29 is 4.74 Å². The van der Waals surface area contributed by atoms with Gasteiger partial charge in [0.25, 0.3) is 0 Å². The van der Waals surface area contributed by atoms with E-state index in [0.717, 1.165) is 6.04 Å². The summed E-state index contributed by atoms with van der Waals surface area (Å²) in [6.45, 7) is 1.27. The van der Waals surface area contributed by atoms with Gasteiger partial charge in [-0.2, -0.15) is 0 Å². The Morgan fingerprint density at radius 1 is 0.810 bits per heavy atom. The quantitative estimate of drug-likeness (QED) is 0.801. The summed E-state index contributed by atoms with van der Waals surface area (Å²) in [6, 6.07) is 0.858. The van der Waals surface area contributed by atoms with Crippen LogP contribution in [0.5, 0.6) is 0 Å². The molecular formula is C19H33NO. The van der Waals surface area contributed by atoms with E-state index in [1.54, 1.807) is 0 Å². The molecule has 1 aliphatic heterocycles. The maximum Gasteiger partial charge on any atom is 0.0687 e. The standard InChI is InChI=1S/C19H33NO/c1-2-11-19(12-3-1)13-8-17(21-19)14-18(9-4-5-10-18)15-20-16-6-7-16/h16-17,20H,1-15H2. The molecule has 0 aromatic carbocycles. The number of nitrogens with one attached hydrogen (secondary N) is 1. The average Bonchev–Trinajstić information content (AvgIpc) is 3.11. The highest BCUT2D eigenvalue weighted by atomic mass is 16.5. The Bertz CT molecular complexity index is 351. The summed E-state index contributed by atoms with van der Waals surface area (Å²) in [6.07, 6.45) is 20.2. The van der Waals surface area contributed by atoms with Crippen LogP contribution in [0.3, 0.4) is 0 Å². The number of rotatable bonds is 5. The van der Waals surface area contributed by atoms with Crippen molar-refractivity contribution in [3.63, 3.8) is 0 Å².